The Labute approximate surface area is 152 Å². The third-order valence-corrected chi connectivity index (χ3v) is 4.71. The summed E-state index contributed by atoms with van der Waals surface area (Å²) >= 11 is 0. The van der Waals surface area contributed by atoms with Crippen LogP contribution in [0.1, 0.15) is 11.1 Å². The number of fused-ring (bicyclic) bond motifs is 1. The lowest BCUT2D eigenvalue weighted by Crippen LogP contribution is -3.17. The van der Waals surface area contributed by atoms with Crippen LogP contribution < -0.4 is 15.0 Å². The second-order valence-corrected chi connectivity index (χ2v) is 6.31. The Morgan fingerprint density at radius 2 is 1.77 bits per heavy atom. The molecule has 26 heavy (non-hydrogen) atoms. The molecule has 6 nitrogen and oxygen atoms in total. The number of carbonyl (C=O) groups excluding carboxylic acids is 2. The number of benzene rings is 2. The second kappa shape index (κ2) is 8.01. The third-order valence-electron chi connectivity index (χ3n) is 4.71. The molecular weight excluding hydrogens is 332 g/mol. The Balaban J connectivity index is 1.75. The third kappa shape index (κ3) is 3.86. The molecule has 0 fully saturated rings. The first kappa shape index (κ1) is 17.9. The molecule has 2 N–H and O–H groups in total. The average Bonchev–Trinajstić information content (AvgIpc) is 2.67. The molecule has 1 amide bonds. The first-order chi connectivity index (χ1) is 12.6. The molecule has 0 saturated heterocycles. The standard InChI is InChI=1S/C20H22N2O4/c1-25-18-10-6-5-9-16(18)21-19(23)13-22-12-15-8-4-3-7-14(15)11-17(22)20(24)26-2/h3-10,17H,11-13H2,1-2H3,(H,21,23)/p+1/t17-/m0/s1. The van der Waals surface area contributed by atoms with E-state index in [0.29, 0.717) is 24.4 Å². The largest absolute Gasteiger partial charge is 0.495 e. The zero-order valence-electron chi connectivity index (χ0n) is 15.0. The smallest absolute Gasteiger partial charge is 0.365 e. The summed E-state index contributed by atoms with van der Waals surface area (Å²) < 4.78 is 10.2. The van der Waals surface area contributed by atoms with Crippen LogP contribution in [0, 0.1) is 0 Å². The van der Waals surface area contributed by atoms with Crippen LogP contribution in [-0.2, 0) is 27.3 Å². The van der Waals surface area contributed by atoms with Crippen molar-refractivity contribution in [3.63, 3.8) is 0 Å². The van der Waals surface area contributed by atoms with Gasteiger partial charge in [-0.3, -0.25) is 4.79 Å². The number of quaternary nitrogens is 1. The highest BCUT2D eigenvalue weighted by atomic mass is 16.5. The molecule has 0 bridgehead atoms. The lowest BCUT2D eigenvalue weighted by atomic mass is 9.94. The van der Waals surface area contributed by atoms with Gasteiger partial charge in [0.15, 0.2) is 12.6 Å². The fourth-order valence-electron chi connectivity index (χ4n) is 3.39. The van der Waals surface area contributed by atoms with E-state index in [4.69, 9.17) is 9.47 Å². The monoisotopic (exact) mass is 355 g/mol. The summed E-state index contributed by atoms with van der Waals surface area (Å²) in [4.78, 5) is 25.7. The SMILES string of the molecule is COC(=O)[C@@H]1Cc2ccccc2C[NH+]1CC(=O)Nc1ccccc1OC. The minimum absolute atomic E-state index is 0.169. The molecular formula is C20H23N2O4+. The minimum atomic E-state index is -0.390. The Hall–Kier alpha value is -2.86. The van der Waals surface area contributed by atoms with Crippen molar-refractivity contribution in [3.05, 3.63) is 59.7 Å². The van der Waals surface area contributed by atoms with E-state index in [-0.39, 0.29) is 18.4 Å². The van der Waals surface area contributed by atoms with Crippen molar-refractivity contribution in [1.82, 2.24) is 0 Å². The van der Waals surface area contributed by atoms with Gasteiger partial charge in [0.1, 0.15) is 12.3 Å². The van der Waals surface area contributed by atoms with Crippen molar-refractivity contribution >= 4 is 17.6 Å². The van der Waals surface area contributed by atoms with E-state index in [2.05, 4.69) is 5.32 Å². The fourth-order valence-corrected chi connectivity index (χ4v) is 3.39. The van der Waals surface area contributed by atoms with Gasteiger partial charge in [-0.05, 0) is 17.7 Å². The topological polar surface area (TPSA) is 69.1 Å². The number of amides is 1. The first-order valence-electron chi connectivity index (χ1n) is 8.54. The van der Waals surface area contributed by atoms with E-state index in [9.17, 15) is 9.59 Å². The molecule has 1 unspecified atom stereocenters. The van der Waals surface area contributed by atoms with Crippen LogP contribution in [0.3, 0.4) is 0 Å². The van der Waals surface area contributed by atoms with Gasteiger partial charge in [-0.15, -0.1) is 0 Å². The highest BCUT2D eigenvalue weighted by Crippen LogP contribution is 2.22. The van der Waals surface area contributed by atoms with E-state index in [1.54, 1.807) is 19.2 Å². The van der Waals surface area contributed by atoms with Crippen LogP contribution in [0.25, 0.3) is 0 Å². The Bertz CT molecular complexity index is 806. The fraction of sp³-hybridized carbons (Fsp3) is 0.300. The van der Waals surface area contributed by atoms with Gasteiger partial charge in [0.2, 0.25) is 0 Å². The maximum absolute atomic E-state index is 12.6. The summed E-state index contributed by atoms with van der Waals surface area (Å²) in [5.74, 6) is 0.140. The van der Waals surface area contributed by atoms with E-state index in [1.807, 2.05) is 36.4 Å². The minimum Gasteiger partial charge on any atom is -0.495 e. The van der Waals surface area contributed by atoms with Crippen molar-refractivity contribution in [2.24, 2.45) is 0 Å². The molecule has 2 aromatic rings. The molecule has 0 saturated carbocycles. The van der Waals surface area contributed by atoms with E-state index in [0.717, 1.165) is 16.0 Å². The first-order valence-corrected chi connectivity index (χ1v) is 8.54. The molecule has 1 heterocycles. The number of rotatable bonds is 5. The maximum Gasteiger partial charge on any atom is 0.365 e. The number of ether oxygens (including phenoxy) is 2. The van der Waals surface area contributed by atoms with E-state index in [1.165, 1.54) is 7.11 Å². The van der Waals surface area contributed by atoms with Gasteiger partial charge in [-0.25, -0.2) is 4.79 Å². The number of esters is 1. The highest BCUT2D eigenvalue weighted by molar-refractivity contribution is 5.93. The normalized spacial score (nSPS) is 18.5. The molecule has 2 atom stereocenters. The van der Waals surface area contributed by atoms with Gasteiger partial charge in [0.05, 0.1) is 19.9 Å². The van der Waals surface area contributed by atoms with Gasteiger partial charge >= 0.3 is 5.97 Å². The van der Waals surface area contributed by atoms with Crippen LogP contribution >= 0.6 is 0 Å². The number of hydrogen-bond acceptors (Lipinski definition) is 4. The predicted molar refractivity (Wildman–Crippen MR) is 97.1 cm³/mol. The summed E-state index contributed by atoms with van der Waals surface area (Å²) in [6, 6.07) is 14.9. The Morgan fingerprint density at radius 1 is 1.08 bits per heavy atom. The molecule has 6 heteroatoms. The summed E-state index contributed by atoms with van der Waals surface area (Å²) in [5.41, 5.74) is 2.91. The molecule has 3 rings (SSSR count). The Morgan fingerprint density at radius 3 is 2.50 bits per heavy atom. The number of anilines is 1. The van der Waals surface area contributed by atoms with Gasteiger partial charge in [0, 0.05) is 12.0 Å². The van der Waals surface area contributed by atoms with Crippen LogP contribution in [0.2, 0.25) is 0 Å². The van der Waals surface area contributed by atoms with Crippen molar-refractivity contribution in [2.45, 2.75) is 19.0 Å². The number of nitrogens with one attached hydrogen (secondary N) is 2. The predicted octanol–water partition coefficient (Wildman–Crippen LogP) is 0.817. The van der Waals surface area contributed by atoms with Gasteiger partial charge in [-0.1, -0.05) is 36.4 Å². The summed E-state index contributed by atoms with van der Waals surface area (Å²) in [7, 11) is 2.94. The number of carbonyl (C=O) groups is 2. The number of para-hydroxylation sites is 2. The highest BCUT2D eigenvalue weighted by Gasteiger charge is 2.37. The number of hydrogen-bond donors (Lipinski definition) is 2. The zero-order valence-corrected chi connectivity index (χ0v) is 15.0. The van der Waals surface area contributed by atoms with Gasteiger partial charge in [-0.2, -0.15) is 0 Å². The van der Waals surface area contributed by atoms with E-state index >= 15 is 0 Å². The van der Waals surface area contributed by atoms with Crippen LogP contribution in [0.15, 0.2) is 48.5 Å². The average molecular weight is 355 g/mol. The lowest BCUT2D eigenvalue weighted by Gasteiger charge is -2.31. The maximum atomic E-state index is 12.6. The van der Waals surface area contributed by atoms with Crippen molar-refractivity contribution in [1.29, 1.82) is 0 Å². The molecule has 1 aliphatic rings. The summed E-state index contributed by atoms with van der Waals surface area (Å²) in [6.07, 6.45) is 0.570. The summed E-state index contributed by atoms with van der Waals surface area (Å²) in [6.45, 7) is 0.779. The molecule has 2 aromatic carbocycles. The molecule has 0 aromatic heterocycles. The van der Waals surface area contributed by atoms with E-state index < -0.39 is 6.04 Å². The molecule has 0 radical (unpaired) electrons. The van der Waals surface area contributed by atoms with Crippen LogP contribution in [0.5, 0.6) is 5.75 Å². The van der Waals surface area contributed by atoms with Crippen LogP contribution in [-0.4, -0.2) is 38.7 Å². The van der Waals surface area contributed by atoms with Crippen molar-refractivity contribution < 1.29 is 24.0 Å². The van der Waals surface area contributed by atoms with Crippen molar-refractivity contribution in [3.8, 4) is 5.75 Å². The molecule has 0 spiro atoms. The summed E-state index contributed by atoms with van der Waals surface area (Å²) in [5, 5.41) is 2.87. The molecule has 0 aliphatic carbocycles. The molecule has 136 valence electrons. The quantitative estimate of drug-likeness (QED) is 0.779. The lowest BCUT2D eigenvalue weighted by molar-refractivity contribution is -0.924. The molecule has 1 aliphatic heterocycles. The van der Waals surface area contributed by atoms with Crippen LogP contribution in [0.4, 0.5) is 5.69 Å². The second-order valence-electron chi connectivity index (χ2n) is 6.31. The van der Waals surface area contributed by atoms with Crippen molar-refractivity contribution in [2.75, 3.05) is 26.1 Å². The van der Waals surface area contributed by atoms with Gasteiger partial charge in [0.25, 0.3) is 5.91 Å². The Kier molecular flexibility index (Phi) is 5.53. The number of methoxy groups -OCH3 is 2. The van der Waals surface area contributed by atoms with Gasteiger partial charge < -0.3 is 19.7 Å². The zero-order chi connectivity index (χ0) is 18.5.